The van der Waals surface area contributed by atoms with Gasteiger partial charge in [-0.15, -0.1) is 0 Å². The fourth-order valence-corrected chi connectivity index (χ4v) is 14.5. The lowest BCUT2D eigenvalue weighted by Gasteiger charge is -2.21. The topological polar surface area (TPSA) is 237 Å². The van der Waals surface area contributed by atoms with Crippen molar-refractivity contribution in [1.29, 1.82) is 0 Å². The number of unbranched alkanes of at least 4 members (excludes halogenated alkanes) is 54. The Morgan fingerprint density at radius 1 is 0.275 bits per heavy atom. The van der Waals surface area contributed by atoms with E-state index >= 15 is 0 Å². The van der Waals surface area contributed by atoms with Crippen LogP contribution in [-0.4, -0.2) is 96.7 Å². The zero-order valence-corrected chi connectivity index (χ0v) is 68.5. The standard InChI is InChI=1S/C83H162O17P2/c1-6-10-13-16-19-22-25-27-29-31-33-38-42-47-52-57-62-67-81(86)94-73-79(100-83(88)69-64-59-54-49-44-40-36-35-37-41-45-50-55-60-65-76(5)9-4)75-98-102(91,92)96-71-77(84)70-95-101(89,90)97-74-78(72-93-80(85)66-61-56-51-46-24-21-18-15-12-8-3)99-82(87)68-63-58-53-48-43-39-34-32-30-28-26-23-20-17-14-11-7-2/h76-79,84H,6-75H2,1-5H3,(H,89,90)(H,91,92)/t76?,77-,78+,79+/m0/s1. The summed E-state index contributed by atoms with van der Waals surface area (Å²) in [7, 11) is -9.92. The Hall–Kier alpha value is -1.94. The fourth-order valence-electron chi connectivity index (χ4n) is 12.9. The van der Waals surface area contributed by atoms with Gasteiger partial charge in [-0.1, -0.05) is 394 Å². The van der Waals surface area contributed by atoms with Crippen LogP contribution in [-0.2, 0) is 65.4 Å². The molecule has 0 aromatic heterocycles. The van der Waals surface area contributed by atoms with Crippen molar-refractivity contribution in [3.63, 3.8) is 0 Å². The molecule has 0 aliphatic heterocycles. The third kappa shape index (κ3) is 74.9. The molecule has 0 rings (SSSR count). The quantitative estimate of drug-likeness (QED) is 0.0222. The molecular weight excluding hydrogens is 1330 g/mol. The van der Waals surface area contributed by atoms with Crippen LogP contribution in [0.2, 0.25) is 0 Å². The Morgan fingerprint density at radius 2 is 0.471 bits per heavy atom. The average molecular weight is 1490 g/mol. The molecule has 0 aliphatic carbocycles. The minimum atomic E-state index is -4.96. The summed E-state index contributed by atoms with van der Waals surface area (Å²) in [5.41, 5.74) is 0. The first-order valence-corrected chi connectivity index (χ1v) is 46.2. The Labute approximate surface area is 626 Å². The van der Waals surface area contributed by atoms with Gasteiger partial charge in [-0.05, 0) is 31.6 Å². The van der Waals surface area contributed by atoms with Crippen molar-refractivity contribution in [3.05, 3.63) is 0 Å². The predicted octanol–water partition coefficient (Wildman–Crippen LogP) is 25.2. The molecule has 0 aromatic carbocycles. The van der Waals surface area contributed by atoms with Gasteiger partial charge < -0.3 is 33.8 Å². The number of carbonyl (C=O) groups excluding carboxylic acids is 4. The fraction of sp³-hybridized carbons (Fsp3) is 0.952. The predicted molar refractivity (Wildman–Crippen MR) is 418 cm³/mol. The van der Waals surface area contributed by atoms with Crippen LogP contribution in [0.15, 0.2) is 0 Å². The van der Waals surface area contributed by atoms with Crippen LogP contribution in [0.25, 0.3) is 0 Å². The van der Waals surface area contributed by atoms with E-state index < -0.39 is 97.5 Å². The Morgan fingerprint density at radius 3 is 0.696 bits per heavy atom. The highest BCUT2D eigenvalue weighted by atomic mass is 31.2. The van der Waals surface area contributed by atoms with E-state index in [1.54, 1.807) is 0 Å². The van der Waals surface area contributed by atoms with Crippen LogP contribution in [0.3, 0.4) is 0 Å². The minimum Gasteiger partial charge on any atom is -0.462 e. The van der Waals surface area contributed by atoms with Crippen molar-refractivity contribution < 1.29 is 80.2 Å². The van der Waals surface area contributed by atoms with Gasteiger partial charge >= 0.3 is 39.5 Å². The van der Waals surface area contributed by atoms with Crippen LogP contribution >= 0.6 is 15.6 Å². The molecule has 0 heterocycles. The van der Waals surface area contributed by atoms with Crippen LogP contribution in [0.4, 0.5) is 0 Å². The Bertz CT molecular complexity index is 1950. The van der Waals surface area contributed by atoms with E-state index in [0.29, 0.717) is 25.7 Å². The number of ether oxygens (including phenoxy) is 4. The van der Waals surface area contributed by atoms with E-state index in [4.69, 9.17) is 37.0 Å². The molecular formula is C83H162O17P2. The van der Waals surface area contributed by atoms with E-state index in [1.165, 1.54) is 270 Å². The SMILES string of the molecule is CCCCCCCCCCCCCCCCCCCC(=O)OC[C@H](COP(=O)(O)OC[C@@H](O)COP(=O)(O)OC[C@@H](COC(=O)CCCCCCCCCCCC)OC(=O)CCCCCCCCCCCCCCCCCCC)OC(=O)CCCCCCCCCCCCCCCCC(C)CC. The first-order valence-electron chi connectivity index (χ1n) is 43.2. The molecule has 19 heteroatoms. The number of carbonyl (C=O) groups is 4. The summed E-state index contributed by atoms with van der Waals surface area (Å²) in [6, 6.07) is 0. The minimum absolute atomic E-state index is 0.109. The van der Waals surface area contributed by atoms with Gasteiger partial charge in [0, 0.05) is 25.7 Å². The first kappa shape index (κ1) is 100. The third-order valence-corrected chi connectivity index (χ3v) is 21.8. The van der Waals surface area contributed by atoms with E-state index in [9.17, 15) is 43.2 Å². The van der Waals surface area contributed by atoms with Crippen molar-refractivity contribution in [2.75, 3.05) is 39.6 Å². The molecule has 0 bridgehead atoms. The molecule has 606 valence electrons. The Balaban J connectivity index is 5.24. The molecule has 17 nitrogen and oxygen atoms in total. The van der Waals surface area contributed by atoms with Crippen molar-refractivity contribution >= 4 is 39.5 Å². The molecule has 0 fully saturated rings. The summed E-state index contributed by atoms with van der Waals surface area (Å²) < 4.78 is 68.8. The van der Waals surface area contributed by atoms with E-state index in [2.05, 4.69) is 34.6 Å². The number of aliphatic hydroxyl groups is 1. The van der Waals surface area contributed by atoms with Crippen LogP contribution in [0.1, 0.15) is 446 Å². The molecule has 0 saturated heterocycles. The van der Waals surface area contributed by atoms with Crippen LogP contribution in [0, 0.1) is 5.92 Å². The van der Waals surface area contributed by atoms with E-state index in [0.717, 1.165) is 95.8 Å². The van der Waals surface area contributed by atoms with Crippen molar-refractivity contribution in [3.8, 4) is 0 Å². The normalized spacial score (nSPS) is 14.1. The maximum Gasteiger partial charge on any atom is 0.472 e. The average Bonchev–Trinajstić information content (AvgIpc) is 0.923. The van der Waals surface area contributed by atoms with Gasteiger partial charge in [0.25, 0.3) is 0 Å². The first-order chi connectivity index (χ1) is 49.6. The van der Waals surface area contributed by atoms with Crippen LogP contribution < -0.4 is 0 Å². The molecule has 3 unspecified atom stereocenters. The smallest absolute Gasteiger partial charge is 0.462 e. The third-order valence-electron chi connectivity index (χ3n) is 19.9. The molecule has 3 N–H and O–H groups in total. The summed E-state index contributed by atoms with van der Waals surface area (Å²) in [6.07, 6.45) is 67.8. The monoisotopic (exact) mass is 1490 g/mol. The highest BCUT2D eigenvalue weighted by Gasteiger charge is 2.30. The van der Waals surface area contributed by atoms with Crippen molar-refractivity contribution in [1.82, 2.24) is 0 Å². The number of hydrogen-bond acceptors (Lipinski definition) is 15. The lowest BCUT2D eigenvalue weighted by atomic mass is 9.99. The maximum absolute atomic E-state index is 13.1. The second-order valence-electron chi connectivity index (χ2n) is 30.1. The number of aliphatic hydroxyl groups excluding tert-OH is 1. The van der Waals surface area contributed by atoms with Gasteiger partial charge in [-0.3, -0.25) is 37.3 Å². The van der Waals surface area contributed by atoms with Crippen molar-refractivity contribution in [2.24, 2.45) is 5.92 Å². The highest BCUT2D eigenvalue weighted by molar-refractivity contribution is 7.47. The molecule has 0 radical (unpaired) electrons. The molecule has 0 aromatic rings. The number of esters is 4. The summed E-state index contributed by atoms with van der Waals surface area (Å²) in [5.74, 6) is -1.26. The second kappa shape index (κ2) is 75.9. The van der Waals surface area contributed by atoms with Gasteiger partial charge in [0.2, 0.25) is 0 Å². The lowest BCUT2D eigenvalue weighted by Crippen LogP contribution is -2.30. The molecule has 0 spiro atoms. The highest BCUT2D eigenvalue weighted by Crippen LogP contribution is 2.45. The summed E-state index contributed by atoms with van der Waals surface area (Å²) in [4.78, 5) is 73.1. The van der Waals surface area contributed by atoms with Crippen molar-refractivity contribution in [2.45, 2.75) is 464 Å². The maximum atomic E-state index is 13.1. The Kier molecular flexibility index (Phi) is 74.4. The molecule has 0 amide bonds. The van der Waals surface area contributed by atoms with Gasteiger partial charge in [0.15, 0.2) is 12.2 Å². The molecule has 0 saturated carbocycles. The second-order valence-corrected chi connectivity index (χ2v) is 33.0. The zero-order valence-electron chi connectivity index (χ0n) is 66.8. The lowest BCUT2D eigenvalue weighted by molar-refractivity contribution is -0.161. The largest absolute Gasteiger partial charge is 0.472 e. The van der Waals surface area contributed by atoms with E-state index in [1.807, 2.05) is 0 Å². The molecule has 102 heavy (non-hydrogen) atoms. The summed E-state index contributed by atoms with van der Waals surface area (Å²) in [5, 5.41) is 10.7. The molecule has 0 aliphatic rings. The van der Waals surface area contributed by atoms with E-state index in [-0.39, 0.29) is 25.7 Å². The van der Waals surface area contributed by atoms with Gasteiger partial charge in [-0.25, -0.2) is 9.13 Å². The molecule has 6 atom stereocenters. The van der Waals surface area contributed by atoms with Crippen LogP contribution in [0.5, 0.6) is 0 Å². The van der Waals surface area contributed by atoms with Gasteiger partial charge in [0.1, 0.15) is 19.3 Å². The number of phosphoric ester groups is 2. The number of rotatable bonds is 83. The summed E-state index contributed by atoms with van der Waals surface area (Å²) in [6.45, 7) is 7.40. The number of phosphoric acid groups is 2. The number of hydrogen-bond donors (Lipinski definition) is 3. The zero-order chi connectivity index (χ0) is 74.8. The van der Waals surface area contributed by atoms with Gasteiger partial charge in [-0.2, -0.15) is 0 Å². The summed E-state index contributed by atoms with van der Waals surface area (Å²) >= 11 is 0. The van der Waals surface area contributed by atoms with Gasteiger partial charge in [0.05, 0.1) is 26.4 Å².